The van der Waals surface area contributed by atoms with Crippen LogP contribution in [-0.4, -0.2) is 34.7 Å². The largest absolute Gasteiger partial charge is 0.389 e. The van der Waals surface area contributed by atoms with Crippen LogP contribution in [0.5, 0.6) is 0 Å². The number of hydrogen-bond acceptors (Lipinski definition) is 3. The van der Waals surface area contributed by atoms with Gasteiger partial charge in [-0.2, -0.15) is 0 Å². The van der Waals surface area contributed by atoms with E-state index in [0.717, 1.165) is 25.8 Å². The Morgan fingerprint density at radius 1 is 1.45 bits per heavy atom. The molecule has 20 heavy (non-hydrogen) atoms. The first-order chi connectivity index (χ1) is 9.44. The third-order valence-electron chi connectivity index (χ3n) is 4.20. The van der Waals surface area contributed by atoms with E-state index in [0.29, 0.717) is 12.1 Å². The number of nitrogens with two attached hydrogens (primary N) is 1. The highest BCUT2D eigenvalue weighted by Gasteiger charge is 2.35. The number of likely N-dealkylation sites (tertiary alicyclic amines) is 1. The normalized spacial score (nSPS) is 27.2. The summed E-state index contributed by atoms with van der Waals surface area (Å²) >= 11 is 0. The van der Waals surface area contributed by atoms with Crippen molar-refractivity contribution in [3.63, 3.8) is 0 Å². The van der Waals surface area contributed by atoms with Gasteiger partial charge in [0.1, 0.15) is 5.82 Å². The van der Waals surface area contributed by atoms with Crippen LogP contribution in [0.4, 0.5) is 4.39 Å². The lowest BCUT2D eigenvalue weighted by molar-refractivity contribution is -0.0348. The lowest BCUT2D eigenvalue weighted by Crippen LogP contribution is -2.51. The highest BCUT2D eigenvalue weighted by molar-refractivity contribution is 5.23. The number of nitrogens with zero attached hydrogens (tertiary/aromatic N) is 1. The Labute approximate surface area is 120 Å². The predicted octanol–water partition coefficient (Wildman–Crippen LogP) is 2.45. The third-order valence-corrected chi connectivity index (χ3v) is 4.20. The molecular weight excluding hydrogens is 255 g/mol. The van der Waals surface area contributed by atoms with Gasteiger partial charge in [-0.25, -0.2) is 4.39 Å². The quantitative estimate of drug-likeness (QED) is 0.890. The molecule has 112 valence electrons. The summed E-state index contributed by atoms with van der Waals surface area (Å²) in [6.45, 7) is 5.25. The highest BCUT2D eigenvalue weighted by Crippen LogP contribution is 2.32. The highest BCUT2D eigenvalue weighted by atomic mass is 19.1. The van der Waals surface area contributed by atoms with Crippen LogP contribution in [-0.2, 0) is 0 Å². The van der Waals surface area contributed by atoms with E-state index < -0.39 is 5.60 Å². The maximum Gasteiger partial charge on any atom is 0.128 e. The number of β-amino-alcohol motifs (C(OH)–C–C–N with tert-alkyl or cyclic N) is 1. The SMILES string of the molecule is CCC(N)C(c1ccccc1F)N1CCCC(C)(O)C1. The van der Waals surface area contributed by atoms with Gasteiger partial charge in [0.25, 0.3) is 0 Å². The maximum atomic E-state index is 14.1. The van der Waals surface area contributed by atoms with Crippen LogP contribution in [0.3, 0.4) is 0 Å². The average molecular weight is 280 g/mol. The van der Waals surface area contributed by atoms with Crippen molar-refractivity contribution in [1.29, 1.82) is 0 Å². The minimum Gasteiger partial charge on any atom is -0.389 e. The molecule has 0 spiro atoms. The Balaban J connectivity index is 2.31. The molecule has 1 aromatic carbocycles. The van der Waals surface area contributed by atoms with Crippen molar-refractivity contribution in [3.8, 4) is 0 Å². The van der Waals surface area contributed by atoms with Gasteiger partial charge >= 0.3 is 0 Å². The van der Waals surface area contributed by atoms with Gasteiger partial charge in [0, 0.05) is 18.2 Å². The molecule has 3 nitrogen and oxygen atoms in total. The Morgan fingerprint density at radius 2 is 2.15 bits per heavy atom. The molecule has 1 aliphatic heterocycles. The molecule has 3 atom stereocenters. The van der Waals surface area contributed by atoms with Crippen LogP contribution in [0.2, 0.25) is 0 Å². The lowest BCUT2D eigenvalue weighted by Gasteiger charge is -2.43. The fourth-order valence-corrected chi connectivity index (χ4v) is 3.13. The van der Waals surface area contributed by atoms with E-state index in [1.165, 1.54) is 6.07 Å². The molecule has 1 fully saturated rings. The molecule has 4 heteroatoms. The maximum absolute atomic E-state index is 14.1. The van der Waals surface area contributed by atoms with Gasteiger partial charge in [-0.1, -0.05) is 25.1 Å². The molecule has 1 aliphatic rings. The number of piperidine rings is 1. The van der Waals surface area contributed by atoms with E-state index in [4.69, 9.17) is 5.73 Å². The van der Waals surface area contributed by atoms with E-state index in [1.54, 1.807) is 12.1 Å². The summed E-state index contributed by atoms with van der Waals surface area (Å²) in [6, 6.07) is 6.51. The number of halogens is 1. The Bertz CT molecular complexity index is 450. The number of benzene rings is 1. The second-order valence-corrected chi connectivity index (χ2v) is 6.11. The molecule has 2 rings (SSSR count). The summed E-state index contributed by atoms with van der Waals surface area (Å²) in [5.41, 5.74) is 6.17. The molecule has 0 amide bonds. The van der Waals surface area contributed by atoms with Crippen LogP contribution in [0.1, 0.15) is 44.7 Å². The van der Waals surface area contributed by atoms with Gasteiger partial charge in [-0.05, 0) is 38.8 Å². The average Bonchev–Trinajstić information content (AvgIpc) is 2.40. The second-order valence-electron chi connectivity index (χ2n) is 6.11. The zero-order valence-electron chi connectivity index (χ0n) is 12.3. The zero-order valence-corrected chi connectivity index (χ0v) is 12.3. The van der Waals surface area contributed by atoms with Crippen molar-refractivity contribution in [1.82, 2.24) is 4.90 Å². The van der Waals surface area contributed by atoms with Crippen molar-refractivity contribution >= 4 is 0 Å². The van der Waals surface area contributed by atoms with Crippen LogP contribution in [0, 0.1) is 5.82 Å². The van der Waals surface area contributed by atoms with Crippen molar-refractivity contribution in [2.45, 2.75) is 50.8 Å². The summed E-state index contributed by atoms with van der Waals surface area (Å²) in [7, 11) is 0. The fraction of sp³-hybridized carbons (Fsp3) is 0.625. The molecule has 0 radical (unpaired) electrons. The van der Waals surface area contributed by atoms with Gasteiger partial charge in [0.05, 0.1) is 11.6 Å². The Morgan fingerprint density at radius 3 is 2.75 bits per heavy atom. The van der Waals surface area contributed by atoms with Crippen LogP contribution in [0.25, 0.3) is 0 Å². The first-order valence-corrected chi connectivity index (χ1v) is 7.41. The molecule has 0 saturated carbocycles. The molecule has 0 aromatic heterocycles. The summed E-state index contributed by atoms with van der Waals surface area (Å²) in [4.78, 5) is 2.13. The lowest BCUT2D eigenvalue weighted by atomic mass is 9.89. The molecule has 0 bridgehead atoms. The Kier molecular flexibility index (Phi) is 4.78. The third kappa shape index (κ3) is 3.37. The molecule has 1 saturated heterocycles. The van der Waals surface area contributed by atoms with Gasteiger partial charge in [0.15, 0.2) is 0 Å². The predicted molar refractivity (Wildman–Crippen MR) is 78.8 cm³/mol. The summed E-state index contributed by atoms with van der Waals surface area (Å²) < 4.78 is 14.1. The fourth-order valence-electron chi connectivity index (χ4n) is 3.13. The van der Waals surface area contributed by atoms with Crippen molar-refractivity contribution in [3.05, 3.63) is 35.6 Å². The molecule has 1 aromatic rings. The van der Waals surface area contributed by atoms with E-state index in [9.17, 15) is 9.50 Å². The topological polar surface area (TPSA) is 49.5 Å². The van der Waals surface area contributed by atoms with Crippen LogP contribution < -0.4 is 5.73 Å². The van der Waals surface area contributed by atoms with Crippen molar-refractivity contribution in [2.75, 3.05) is 13.1 Å². The standard InChI is InChI=1S/C16H25FN2O/c1-3-14(18)15(12-7-4-5-8-13(12)17)19-10-6-9-16(2,20)11-19/h4-5,7-8,14-15,20H,3,6,9-11,18H2,1-2H3. The van der Waals surface area contributed by atoms with E-state index in [-0.39, 0.29) is 17.9 Å². The Hall–Kier alpha value is -0.970. The van der Waals surface area contributed by atoms with Crippen molar-refractivity contribution in [2.24, 2.45) is 5.73 Å². The number of hydrogen-bond donors (Lipinski definition) is 2. The van der Waals surface area contributed by atoms with E-state index in [1.807, 2.05) is 19.9 Å². The monoisotopic (exact) mass is 280 g/mol. The van der Waals surface area contributed by atoms with Gasteiger partial charge in [-0.3, -0.25) is 4.90 Å². The van der Waals surface area contributed by atoms with Crippen molar-refractivity contribution < 1.29 is 9.50 Å². The summed E-state index contributed by atoms with van der Waals surface area (Å²) in [5.74, 6) is -0.216. The van der Waals surface area contributed by atoms with Crippen LogP contribution >= 0.6 is 0 Å². The molecule has 0 aliphatic carbocycles. The second kappa shape index (κ2) is 6.20. The number of aliphatic hydroxyl groups is 1. The van der Waals surface area contributed by atoms with Gasteiger partial charge < -0.3 is 10.8 Å². The summed E-state index contributed by atoms with van der Waals surface area (Å²) in [5, 5.41) is 10.3. The molecule has 3 unspecified atom stereocenters. The van der Waals surface area contributed by atoms with E-state index >= 15 is 0 Å². The first-order valence-electron chi connectivity index (χ1n) is 7.41. The first kappa shape index (κ1) is 15.4. The number of rotatable bonds is 4. The summed E-state index contributed by atoms with van der Waals surface area (Å²) in [6.07, 6.45) is 2.47. The smallest absolute Gasteiger partial charge is 0.128 e. The van der Waals surface area contributed by atoms with Gasteiger partial charge in [-0.15, -0.1) is 0 Å². The molecular formula is C16H25FN2O. The minimum absolute atomic E-state index is 0.138. The van der Waals surface area contributed by atoms with E-state index in [2.05, 4.69) is 4.90 Å². The molecule has 1 heterocycles. The minimum atomic E-state index is -0.713. The molecule has 3 N–H and O–H groups in total. The zero-order chi connectivity index (χ0) is 14.8. The van der Waals surface area contributed by atoms with Gasteiger partial charge in [0.2, 0.25) is 0 Å². The van der Waals surface area contributed by atoms with Crippen LogP contribution in [0.15, 0.2) is 24.3 Å².